The molecule has 1 aromatic carbocycles. The van der Waals surface area contributed by atoms with Gasteiger partial charge in [0.25, 0.3) is 0 Å². The van der Waals surface area contributed by atoms with Crippen molar-refractivity contribution in [3.05, 3.63) is 27.4 Å². The van der Waals surface area contributed by atoms with Crippen molar-refractivity contribution in [3.63, 3.8) is 0 Å². The third kappa shape index (κ3) is 3.88. The predicted octanol–water partition coefficient (Wildman–Crippen LogP) is 4.18. The minimum Gasteiger partial charge on any atom is -0.507 e. The van der Waals surface area contributed by atoms with Gasteiger partial charge < -0.3 is 19.7 Å². The number of benzene rings is 1. The average molecular weight is 415 g/mol. The summed E-state index contributed by atoms with van der Waals surface area (Å²) < 4.78 is 7.90. The zero-order chi connectivity index (χ0) is 19.1. The molecule has 0 saturated carbocycles. The Balaban J connectivity index is 2.06. The molecule has 1 aliphatic rings. The van der Waals surface area contributed by atoms with Crippen LogP contribution in [0.2, 0.25) is 35.7 Å². The molecular formula is C18H24Cl2N2O3Si. The van der Waals surface area contributed by atoms with Gasteiger partial charge in [-0.1, -0.05) is 42.8 Å². The van der Waals surface area contributed by atoms with Crippen molar-refractivity contribution in [1.82, 2.24) is 9.88 Å². The van der Waals surface area contributed by atoms with Crippen LogP contribution in [0.25, 0.3) is 10.9 Å². The molecule has 0 atom stereocenters. The molecule has 0 fully saturated rings. The van der Waals surface area contributed by atoms with E-state index < -0.39 is 8.07 Å². The molecule has 2 aromatic rings. The summed E-state index contributed by atoms with van der Waals surface area (Å²) in [6.07, 6.45) is 0.861. The second-order valence-corrected chi connectivity index (χ2v) is 14.3. The van der Waals surface area contributed by atoms with Gasteiger partial charge in [-0.3, -0.25) is 4.79 Å². The molecule has 0 unspecified atom stereocenters. The lowest BCUT2D eigenvalue weighted by Gasteiger charge is -2.17. The number of carbonyl (C=O) groups excluding carboxylic acids is 1. The lowest BCUT2D eigenvalue weighted by atomic mass is 10.1. The van der Waals surface area contributed by atoms with Gasteiger partial charge in [-0.15, -0.1) is 0 Å². The Morgan fingerprint density at radius 3 is 2.77 bits per heavy atom. The lowest BCUT2D eigenvalue weighted by Crippen LogP contribution is -2.24. The minimum atomic E-state index is -1.18. The van der Waals surface area contributed by atoms with Gasteiger partial charge in [0.15, 0.2) is 0 Å². The summed E-state index contributed by atoms with van der Waals surface area (Å²) in [5.74, 6) is -0.0193. The van der Waals surface area contributed by atoms with Crippen LogP contribution in [0.5, 0.6) is 5.75 Å². The molecule has 0 saturated heterocycles. The first-order valence-electron chi connectivity index (χ1n) is 8.74. The molecule has 2 heterocycles. The third-order valence-corrected chi connectivity index (χ3v) is 7.14. The fourth-order valence-electron chi connectivity index (χ4n) is 3.29. The van der Waals surface area contributed by atoms with E-state index in [1.165, 1.54) is 6.07 Å². The monoisotopic (exact) mass is 414 g/mol. The third-order valence-electron chi connectivity index (χ3n) is 4.66. The van der Waals surface area contributed by atoms with E-state index in [-0.39, 0.29) is 23.1 Å². The SMILES string of the molecule is C[Si](C)(C)CCOCn1c2c(c3c(O)cc(Cl)c(Cl)c31)CC(=O)NCC2. The highest BCUT2D eigenvalue weighted by molar-refractivity contribution is 6.76. The summed E-state index contributed by atoms with van der Waals surface area (Å²) in [6.45, 7) is 8.46. The van der Waals surface area contributed by atoms with E-state index >= 15 is 0 Å². The van der Waals surface area contributed by atoms with Crippen LogP contribution in [0.15, 0.2) is 6.07 Å². The smallest absolute Gasteiger partial charge is 0.224 e. The van der Waals surface area contributed by atoms with Gasteiger partial charge >= 0.3 is 0 Å². The fourth-order valence-corrected chi connectivity index (χ4v) is 4.49. The number of carbonyl (C=O) groups is 1. The first kappa shape index (κ1) is 19.5. The number of phenols is 1. The van der Waals surface area contributed by atoms with Gasteiger partial charge in [-0.2, -0.15) is 0 Å². The Hall–Kier alpha value is -1.21. The fraction of sp³-hybridized carbons (Fsp3) is 0.500. The van der Waals surface area contributed by atoms with Crippen molar-refractivity contribution in [2.75, 3.05) is 13.2 Å². The van der Waals surface area contributed by atoms with E-state index in [1.54, 1.807) is 0 Å². The summed E-state index contributed by atoms with van der Waals surface area (Å²) in [7, 11) is -1.18. The molecule has 3 rings (SSSR count). The van der Waals surface area contributed by atoms with Crippen molar-refractivity contribution < 1.29 is 14.6 Å². The Morgan fingerprint density at radius 1 is 1.35 bits per heavy atom. The molecule has 0 radical (unpaired) electrons. The van der Waals surface area contributed by atoms with E-state index in [0.29, 0.717) is 42.2 Å². The molecule has 2 N–H and O–H groups in total. The summed E-state index contributed by atoms with van der Waals surface area (Å²) in [5.41, 5.74) is 2.41. The van der Waals surface area contributed by atoms with Gasteiger partial charge in [-0.05, 0) is 11.6 Å². The normalized spacial score (nSPS) is 15.0. The van der Waals surface area contributed by atoms with Crippen LogP contribution in [0, 0.1) is 0 Å². The number of aromatic hydroxyl groups is 1. The highest BCUT2D eigenvalue weighted by Gasteiger charge is 2.26. The Kier molecular flexibility index (Phi) is 5.58. The predicted molar refractivity (Wildman–Crippen MR) is 108 cm³/mol. The molecule has 1 amide bonds. The van der Waals surface area contributed by atoms with Crippen LogP contribution in [-0.2, 0) is 29.1 Å². The largest absolute Gasteiger partial charge is 0.507 e. The molecule has 0 spiro atoms. The van der Waals surface area contributed by atoms with Crippen LogP contribution >= 0.6 is 23.2 Å². The molecule has 8 heteroatoms. The second-order valence-electron chi connectivity index (χ2n) is 7.89. The molecule has 26 heavy (non-hydrogen) atoms. The molecule has 0 aliphatic carbocycles. The summed E-state index contributed by atoms with van der Waals surface area (Å²) in [5, 5.41) is 14.6. The molecule has 1 aromatic heterocycles. The van der Waals surface area contributed by atoms with Crippen molar-refractivity contribution in [2.45, 2.75) is 45.3 Å². The average Bonchev–Trinajstić information content (AvgIpc) is 2.69. The van der Waals surface area contributed by atoms with Crippen LogP contribution in [0.1, 0.15) is 11.3 Å². The summed E-state index contributed by atoms with van der Waals surface area (Å²) in [4.78, 5) is 12.0. The first-order valence-corrected chi connectivity index (χ1v) is 13.2. The Labute approximate surface area is 164 Å². The number of halogens is 2. The van der Waals surface area contributed by atoms with E-state index in [2.05, 4.69) is 25.0 Å². The van der Waals surface area contributed by atoms with E-state index in [1.807, 2.05) is 4.57 Å². The van der Waals surface area contributed by atoms with Crippen molar-refractivity contribution >= 4 is 48.1 Å². The Morgan fingerprint density at radius 2 is 2.08 bits per heavy atom. The van der Waals surface area contributed by atoms with Gasteiger partial charge in [-0.25, -0.2) is 0 Å². The van der Waals surface area contributed by atoms with Gasteiger partial charge in [0.2, 0.25) is 5.91 Å². The van der Waals surface area contributed by atoms with Gasteiger partial charge in [0.05, 0.1) is 22.0 Å². The minimum absolute atomic E-state index is 0.0428. The lowest BCUT2D eigenvalue weighted by molar-refractivity contribution is -0.120. The number of nitrogens with one attached hydrogen (secondary N) is 1. The highest BCUT2D eigenvalue weighted by atomic mass is 35.5. The van der Waals surface area contributed by atoms with Crippen LogP contribution in [0.3, 0.4) is 0 Å². The number of aromatic nitrogens is 1. The quantitative estimate of drug-likeness (QED) is 0.569. The number of ether oxygens (including phenoxy) is 1. The first-order chi connectivity index (χ1) is 12.2. The number of hydrogen-bond acceptors (Lipinski definition) is 3. The maximum Gasteiger partial charge on any atom is 0.224 e. The van der Waals surface area contributed by atoms with Crippen molar-refractivity contribution in [1.29, 1.82) is 0 Å². The summed E-state index contributed by atoms with van der Waals surface area (Å²) >= 11 is 12.7. The van der Waals surface area contributed by atoms with Crippen LogP contribution in [-0.4, -0.2) is 36.8 Å². The number of phenolic OH excluding ortho intramolecular Hbond substituents is 1. The van der Waals surface area contributed by atoms with E-state index in [9.17, 15) is 9.90 Å². The topological polar surface area (TPSA) is 63.5 Å². The van der Waals surface area contributed by atoms with Crippen molar-refractivity contribution in [2.24, 2.45) is 0 Å². The number of amides is 1. The maximum atomic E-state index is 12.0. The molecule has 5 nitrogen and oxygen atoms in total. The molecule has 142 valence electrons. The zero-order valence-electron chi connectivity index (χ0n) is 15.3. The van der Waals surface area contributed by atoms with Crippen LogP contribution in [0.4, 0.5) is 0 Å². The summed E-state index contributed by atoms with van der Waals surface area (Å²) in [6, 6.07) is 2.50. The van der Waals surface area contributed by atoms with E-state index in [4.69, 9.17) is 27.9 Å². The zero-order valence-corrected chi connectivity index (χ0v) is 17.8. The number of nitrogens with zero attached hydrogens (tertiary/aromatic N) is 1. The van der Waals surface area contributed by atoms with Gasteiger partial charge in [0, 0.05) is 44.8 Å². The molecule has 1 aliphatic heterocycles. The number of rotatable bonds is 5. The molecular weight excluding hydrogens is 391 g/mol. The van der Waals surface area contributed by atoms with Crippen molar-refractivity contribution in [3.8, 4) is 5.75 Å². The van der Waals surface area contributed by atoms with Crippen LogP contribution < -0.4 is 5.32 Å². The molecule has 0 bridgehead atoms. The number of fused-ring (bicyclic) bond motifs is 3. The van der Waals surface area contributed by atoms with E-state index in [0.717, 1.165) is 17.3 Å². The highest BCUT2D eigenvalue weighted by Crippen LogP contribution is 2.42. The second kappa shape index (κ2) is 7.42. The number of hydrogen-bond donors (Lipinski definition) is 2. The maximum absolute atomic E-state index is 12.0. The Bertz CT molecular complexity index is 859. The standard InChI is InChI=1S/C18H24Cl2N2O3Si/c1-26(2,3)7-6-25-10-22-13-4-5-21-15(24)8-11(13)16-14(23)9-12(19)17(20)18(16)22/h9,23H,4-8,10H2,1-3H3,(H,21,24). The van der Waals surface area contributed by atoms with Gasteiger partial charge in [0.1, 0.15) is 12.5 Å².